The number of likely N-dealkylation sites (tertiary alicyclic amines) is 1. The van der Waals surface area contributed by atoms with E-state index in [2.05, 4.69) is 26.5 Å². The van der Waals surface area contributed by atoms with Crippen molar-refractivity contribution in [2.75, 3.05) is 20.2 Å². The van der Waals surface area contributed by atoms with Gasteiger partial charge < -0.3 is 25.3 Å². The molecule has 9 nitrogen and oxygen atoms in total. The molecule has 3 aliphatic rings. The maximum absolute atomic E-state index is 13.6. The molecule has 9 heteroatoms. The first-order valence-corrected chi connectivity index (χ1v) is 11.9. The molecule has 0 aromatic carbocycles. The second kappa shape index (κ2) is 9.01. The molecule has 3 amide bonds. The summed E-state index contributed by atoms with van der Waals surface area (Å²) in [5.41, 5.74) is 1.15. The van der Waals surface area contributed by atoms with Crippen molar-refractivity contribution >= 4 is 28.6 Å². The molecule has 0 spiro atoms. The topological polar surface area (TPSA) is 116 Å². The normalized spacial score (nSPS) is 26.7. The molecular formula is C25H29N5O4. The summed E-state index contributed by atoms with van der Waals surface area (Å²) in [6, 6.07) is 2.38. The van der Waals surface area contributed by atoms with E-state index in [1.165, 1.54) is 7.11 Å². The molecule has 3 fully saturated rings. The smallest absolute Gasteiger partial charge is 0.271 e. The van der Waals surface area contributed by atoms with E-state index >= 15 is 0 Å². The van der Waals surface area contributed by atoms with Crippen LogP contribution < -0.4 is 15.4 Å². The minimum absolute atomic E-state index is 0.0215. The highest BCUT2D eigenvalue weighted by Crippen LogP contribution is 2.43. The Morgan fingerprint density at radius 1 is 1.38 bits per heavy atom. The fourth-order valence-corrected chi connectivity index (χ4v) is 5.89. The zero-order valence-electron chi connectivity index (χ0n) is 19.2. The number of methoxy groups -OCH3 is 1. The van der Waals surface area contributed by atoms with Crippen molar-refractivity contribution in [1.82, 2.24) is 25.5 Å². The summed E-state index contributed by atoms with van der Waals surface area (Å²) < 4.78 is 5.32. The van der Waals surface area contributed by atoms with Crippen LogP contribution in [-0.4, -0.2) is 64.9 Å². The van der Waals surface area contributed by atoms with E-state index in [-0.39, 0.29) is 29.6 Å². The van der Waals surface area contributed by atoms with Crippen LogP contribution >= 0.6 is 0 Å². The summed E-state index contributed by atoms with van der Waals surface area (Å²) in [7, 11) is 1.54. The number of H-pyrrole nitrogens is 1. The van der Waals surface area contributed by atoms with E-state index in [1.54, 1.807) is 23.2 Å². The van der Waals surface area contributed by atoms with Gasteiger partial charge in [-0.1, -0.05) is 12.3 Å². The Bertz CT molecular complexity index is 1170. The number of aromatic amines is 1. The van der Waals surface area contributed by atoms with Crippen LogP contribution in [0.5, 0.6) is 5.88 Å². The molecule has 2 aromatic rings. The van der Waals surface area contributed by atoms with Gasteiger partial charge in [-0.05, 0) is 49.7 Å². The van der Waals surface area contributed by atoms with Crippen LogP contribution in [0.3, 0.4) is 0 Å². The van der Waals surface area contributed by atoms with E-state index in [4.69, 9.17) is 11.2 Å². The minimum atomic E-state index is -0.584. The first-order valence-electron chi connectivity index (χ1n) is 11.9. The van der Waals surface area contributed by atoms with Crippen LogP contribution in [0, 0.1) is 30.1 Å². The molecule has 1 saturated carbocycles. The van der Waals surface area contributed by atoms with Gasteiger partial charge in [-0.25, -0.2) is 4.98 Å². The van der Waals surface area contributed by atoms with Crippen molar-refractivity contribution in [3.8, 4) is 18.2 Å². The van der Waals surface area contributed by atoms with Gasteiger partial charge in [-0.3, -0.25) is 14.4 Å². The molecule has 4 heterocycles. The SMILES string of the molecule is C#CC(CC1CCNC1=O)NC(=O)C1C2CCCC2CN1C(=O)c1cc2c(OC)nccc2[nH]1. The van der Waals surface area contributed by atoms with E-state index < -0.39 is 12.1 Å². The van der Waals surface area contributed by atoms with Crippen LogP contribution in [0.4, 0.5) is 0 Å². The Labute approximate surface area is 198 Å². The highest BCUT2D eigenvalue weighted by molar-refractivity contribution is 6.01. The van der Waals surface area contributed by atoms with E-state index in [1.807, 2.05) is 0 Å². The number of fused-ring (bicyclic) bond motifs is 2. The van der Waals surface area contributed by atoms with Crippen molar-refractivity contribution < 1.29 is 19.1 Å². The van der Waals surface area contributed by atoms with Crippen LogP contribution in [0.2, 0.25) is 0 Å². The molecule has 2 aromatic heterocycles. The molecular weight excluding hydrogens is 434 g/mol. The average molecular weight is 464 g/mol. The van der Waals surface area contributed by atoms with Crippen molar-refractivity contribution in [2.24, 2.45) is 17.8 Å². The Hall–Kier alpha value is -3.54. The van der Waals surface area contributed by atoms with Crippen LogP contribution in [0.1, 0.15) is 42.6 Å². The van der Waals surface area contributed by atoms with Crippen molar-refractivity contribution in [2.45, 2.75) is 44.2 Å². The first-order chi connectivity index (χ1) is 16.5. The maximum atomic E-state index is 13.6. The standard InChI is InChI=1S/C25H29N5O4/c1-3-16(11-14-7-9-26-22(14)31)28-23(32)21-17-6-4-5-15(17)13-30(21)25(33)20-12-18-19(29-20)8-10-27-24(18)34-2/h1,8,10,12,14-17,21,29H,4-7,9,11,13H2,2H3,(H,26,31)(H,28,32). The van der Waals surface area contributed by atoms with E-state index in [0.717, 1.165) is 30.2 Å². The van der Waals surface area contributed by atoms with Gasteiger partial charge in [0.2, 0.25) is 17.7 Å². The molecule has 3 N–H and O–H groups in total. The number of pyridine rings is 1. The Morgan fingerprint density at radius 2 is 2.24 bits per heavy atom. The van der Waals surface area contributed by atoms with Crippen molar-refractivity contribution in [3.63, 3.8) is 0 Å². The lowest BCUT2D eigenvalue weighted by Gasteiger charge is -2.28. The van der Waals surface area contributed by atoms with E-state index in [0.29, 0.717) is 43.4 Å². The Balaban J connectivity index is 1.37. The molecule has 5 rings (SSSR count). The highest BCUT2D eigenvalue weighted by atomic mass is 16.5. The molecule has 5 unspecified atom stereocenters. The van der Waals surface area contributed by atoms with Crippen LogP contribution in [0.15, 0.2) is 18.3 Å². The van der Waals surface area contributed by atoms with Gasteiger partial charge in [0.15, 0.2) is 0 Å². The molecule has 178 valence electrons. The monoisotopic (exact) mass is 463 g/mol. The third kappa shape index (κ3) is 3.87. The summed E-state index contributed by atoms with van der Waals surface area (Å²) in [6.07, 6.45) is 11.4. The number of hydrogen-bond donors (Lipinski definition) is 3. The Morgan fingerprint density at radius 3 is 2.97 bits per heavy atom. The molecule has 0 bridgehead atoms. The second-order valence-electron chi connectivity index (χ2n) is 9.46. The fourth-order valence-electron chi connectivity index (χ4n) is 5.89. The van der Waals surface area contributed by atoms with Gasteiger partial charge in [0.1, 0.15) is 11.7 Å². The quantitative estimate of drug-likeness (QED) is 0.561. The summed E-state index contributed by atoms with van der Waals surface area (Å²) in [4.78, 5) is 48.1. The number of nitrogens with zero attached hydrogens (tertiary/aromatic N) is 2. The third-order valence-corrected chi connectivity index (χ3v) is 7.56. The minimum Gasteiger partial charge on any atom is -0.481 e. The van der Waals surface area contributed by atoms with Crippen molar-refractivity contribution in [1.29, 1.82) is 0 Å². The zero-order valence-corrected chi connectivity index (χ0v) is 19.2. The van der Waals surface area contributed by atoms with Gasteiger partial charge in [0, 0.05) is 25.2 Å². The van der Waals surface area contributed by atoms with Gasteiger partial charge in [-0.2, -0.15) is 0 Å². The van der Waals surface area contributed by atoms with Crippen molar-refractivity contribution in [3.05, 3.63) is 24.0 Å². The lowest BCUT2D eigenvalue weighted by molar-refractivity contribution is -0.127. The first kappa shape index (κ1) is 22.3. The largest absolute Gasteiger partial charge is 0.481 e. The average Bonchev–Trinajstić information content (AvgIpc) is 3.61. The van der Waals surface area contributed by atoms with Gasteiger partial charge in [-0.15, -0.1) is 6.42 Å². The van der Waals surface area contributed by atoms with Crippen LogP contribution in [-0.2, 0) is 9.59 Å². The number of hydrogen-bond acceptors (Lipinski definition) is 5. The third-order valence-electron chi connectivity index (χ3n) is 7.56. The number of carbonyl (C=O) groups excluding carboxylic acids is 3. The summed E-state index contributed by atoms with van der Waals surface area (Å²) in [5.74, 6) is 2.79. The molecule has 2 aliphatic heterocycles. The summed E-state index contributed by atoms with van der Waals surface area (Å²) in [6.45, 7) is 1.17. The molecule has 0 radical (unpaired) electrons. The maximum Gasteiger partial charge on any atom is 0.271 e. The molecule has 2 saturated heterocycles. The zero-order chi connectivity index (χ0) is 23.8. The molecule has 5 atom stereocenters. The molecule has 34 heavy (non-hydrogen) atoms. The number of carbonyl (C=O) groups is 3. The number of rotatable bonds is 6. The number of ether oxygens (including phenoxy) is 1. The Kier molecular flexibility index (Phi) is 5.90. The van der Waals surface area contributed by atoms with Gasteiger partial charge in [0.05, 0.1) is 24.1 Å². The lowest BCUT2D eigenvalue weighted by atomic mass is 9.92. The highest BCUT2D eigenvalue weighted by Gasteiger charge is 2.50. The van der Waals surface area contributed by atoms with Gasteiger partial charge >= 0.3 is 0 Å². The van der Waals surface area contributed by atoms with Gasteiger partial charge in [0.25, 0.3) is 5.91 Å². The van der Waals surface area contributed by atoms with E-state index in [9.17, 15) is 14.4 Å². The number of terminal acetylenes is 1. The predicted octanol–water partition coefficient (Wildman–Crippen LogP) is 1.46. The fraction of sp³-hybridized carbons (Fsp3) is 0.520. The predicted molar refractivity (Wildman–Crippen MR) is 125 cm³/mol. The second-order valence-corrected chi connectivity index (χ2v) is 9.46. The number of aromatic nitrogens is 2. The number of nitrogens with one attached hydrogen (secondary N) is 3. The lowest BCUT2D eigenvalue weighted by Crippen LogP contribution is -2.51. The summed E-state index contributed by atoms with van der Waals surface area (Å²) >= 11 is 0. The molecule has 1 aliphatic carbocycles. The number of amides is 3. The summed E-state index contributed by atoms with van der Waals surface area (Å²) in [5, 5.41) is 6.49. The van der Waals surface area contributed by atoms with Crippen LogP contribution in [0.25, 0.3) is 10.9 Å².